The number of carboxylic acids is 2. The standard InChI is InChI=1S/C19H18N2O7S/c1-28-17-7-6-12(9-14(17)18(22)23)29(26,27)21-16(19(24)25)8-11-10-20-15-5-3-2-4-13(11)15/h2-7,9-10,16,20-21H,8H2,1H3,(H,22,23)(H,24,25). The van der Waals surface area contributed by atoms with Gasteiger partial charge in [0.15, 0.2) is 0 Å². The molecule has 0 radical (unpaired) electrons. The third-order valence-corrected chi connectivity index (χ3v) is 5.88. The number of hydrogen-bond donors (Lipinski definition) is 4. The number of hydrogen-bond acceptors (Lipinski definition) is 5. The van der Waals surface area contributed by atoms with Crippen molar-refractivity contribution in [2.24, 2.45) is 0 Å². The molecular formula is C19H18N2O7S. The van der Waals surface area contributed by atoms with Gasteiger partial charge in [-0.15, -0.1) is 0 Å². The van der Waals surface area contributed by atoms with Gasteiger partial charge in [0.25, 0.3) is 0 Å². The van der Waals surface area contributed by atoms with E-state index in [2.05, 4.69) is 9.71 Å². The molecule has 4 N–H and O–H groups in total. The first kappa shape index (κ1) is 20.4. The van der Waals surface area contributed by atoms with E-state index in [1.165, 1.54) is 13.2 Å². The topological polar surface area (TPSA) is 146 Å². The highest BCUT2D eigenvalue weighted by Gasteiger charge is 2.28. The van der Waals surface area contributed by atoms with Crippen LogP contribution in [-0.2, 0) is 21.2 Å². The van der Waals surface area contributed by atoms with Gasteiger partial charge >= 0.3 is 11.9 Å². The van der Waals surface area contributed by atoms with E-state index >= 15 is 0 Å². The minimum absolute atomic E-state index is 0.00923. The molecule has 1 heterocycles. The number of sulfonamides is 1. The van der Waals surface area contributed by atoms with Gasteiger partial charge in [-0.25, -0.2) is 13.2 Å². The molecule has 2 aromatic carbocycles. The third kappa shape index (κ3) is 4.23. The van der Waals surface area contributed by atoms with E-state index in [0.717, 1.165) is 23.0 Å². The van der Waals surface area contributed by atoms with Crippen molar-refractivity contribution in [3.8, 4) is 5.75 Å². The van der Waals surface area contributed by atoms with Crippen molar-refractivity contribution in [3.63, 3.8) is 0 Å². The van der Waals surface area contributed by atoms with Gasteiger partial charge in [0, 0.05) is 23.5 Å². The van der Waals surface area contributed by atoms with Gasteiger partial charge in [0.2, 0.25) is 10.0 Å². The Bertz CT molecular complexity index is 1180. The van der Waals surface area contributed by atoms with Gasteiger partial charge in [0.1, 0.15) is 17.4 Å². The zero-order valence-electron chi connectivity index (χ0n) is 15.2. The summed E-state index contributed by atoms with van der Waals surface area (Å²) in [6, 6.07) is 9.07. The highest BCUT2D eigenvalue weighted by molar-refractivity contribution is 7.89. The number of carbonyl (C=O) groups is 2. The maximum absolute atomic E-state index is 12.7. The van der Waals surface area contributed by atoms with Crippen LogP contribution in [0.1, 0.15) is 15.9 Å². The maximum atomic E-state index is 12.7. The number of methoxy groups -OCH3 is 1. The molecule has 1 aromatic heterocycles. The predicted octanol–water partition coefficient (Wildman–Crippen LogP) is 1.85. The van der Waals surface area contributed by atoms with Crippen molar-refractivity contribution in [2.45, 2.75) is 17.4 Å². The number of para-hydroxylation sites is 1. The van der Waals surface area contributed by atoms with Crippen molar-refractivity contribution in [2.75, 3.05) is 7.11 Å². The summed E-state index contributed by atoms with van der Waals surface area (Å²) >= 11 is 0. The van der Waals surface area contributed by atoms with Crippen molar-refractivity contribution < 1.29 is 33.0 Å². The van der Waals surface area contributed by atoms with Gasteiger partial charge in [-0.05, 0) is 29.8 Å². The summed E-state index contributed by atoms with van der Waals surface area (Å²) in [6.45, 7) is 0. The Morgan fingerprint density at radius 3 is 2.55 bits per heavy atom. The molecule has 0 amide bonds. The Morgan fingerprint density at radius 1 is 1.17 bits per heavy atom. The average Bonchev–Trinajstić information content (AvgIpc) is 3.09. The quantitative estimate of drug-likeness (QED) is 0.437. The minimum Gasteiger partial charge on any atom is -0.496 e. The number of benzene rings is 2. The van der Waals surface area contributed by atoms with E-state index in [-0.39, 0.29) is 22.6 Å². The summed E-state index contributed by atoms with van der Waals surface area (Å²) in [6.07, 6.45) is 1.53. The van der Waals surface area contributed by atoms with Crippen LogP contribution < -0.4 is 9.46 Å². The van der Waals surface area contributed by atoms with E-state index in [1.54, 1.807) is 18.3 Å². The third-order valence-electron chi connectivity index (χ3n) is 4.41. The van der Waals surface area contributed by atoms with Crippen LogP contribution in [0, 0.1) is 0 Å². The summed E-state index contributed by atoms with van der Waals surface area (Å²) in [5, 5.41) is 19.6. The highest BCUT2D eigenvalue weighted by atomic mass is 32.2. The number of aromatic carboxylic acids is 1. The van der Waals surface area contributed by atoms with E-state index in [4.69, 9.17) is 4.74 Å². The molecule has 3 rings (SSSR count). The van der Waals surface area contributed by atoms with Crippen LogP contribution in [-0.4, -0.2) is 48.7 Å². The summed E-state index contributed by atoms with van der Waals surface area (Å²) < 4.78 is 32.4. The summed E-state index contributed by atoms with van der Waals surface area (Å²) in [5.41, 5.74) is 1.09. The van der Waals surface area contributed by atoms with Gasteiger partial charge in [0.05, 0.1) is 12.0 Å². The van der Waals surface area contributed by atoms with Crippen molar-refractivity contribution >= 4 is 32.9 Å². The second kappa shape index (κ2) is 7.94. The van der Waals surface area contributed by atoms with Gasteiger partial charge in [-0.2, -0.15) is 4.72 Å². The van der Waals surface area contributed by atoms with E-state index in [0.29, 0.717) is 5.56 Å². The smallest absolute Gasteiger partial charge is 0.339 e. The molecule has 10 heteroatoms. The molecule has 0 spiro atoms. The predicted molar refractivity (Wildman–Crippen MR) is 104 cm³/mol. The first-order chi connectivity index (χ1) is 13.7. The number of rotatable bonds is 8. The Hall–Kier alpha value is -3.37. The van der Waals surface area contributed by atoms with E-state index in [9.17, 15) is 28.2 Å². The lowest BCUT2D eigenvalue weighted by Gasteiger charge is -2.15. The molecule has 3 aromatic rings. The number of carboxylic acid groups (broad SMARTS) is 2. The monoisotopic (exact) mass is 418 g/mol. The zero-order chi connectivity index (χ0) is 21.2. The molecule has 0 saturated carbocycles. The average molecular weight is 418 g/mol. The van der Waals surface area contributed by atoms with Gasteiger partial charge < -0.3 is 19.9 Å². The number of aromatic amines is 1. The number of H-pyrrole nitrogens is 1. The van der Waals surface area contributed by atoms with Crippen molar-refractivity contribution in [1.82, 2.24) is 9.71 Å². The number of fused-ring (bicyclic) bond motifs is 1. The highest BCUT2D eigenvalue weighted by Crippen LogP contribution is 2.24. The molecule has 0 aliphatic carbocycles. The second-order valence-corrected chi connectivity index (χ2v) is 7.96. The Kier molecular flexibility index (Phi) is 5.57. The molecule has 29 heavy (non-hydrogen) atoms. The van der Waals surface area contributed by atoms with Gasteiger partial charge in [-0.3, -0.25) is 4.79 Å². The summed E-state index contributed by atoms with van der Waals surface area (Å²) in [4.78, 5) is 25.7. The molecule has 1 atom stereocenters. The van der Waals surface area contributed by atoms with Crippen LogP contribution >= 0.6 is 0 Å². The van der Waals surface area contributed by atoms with Crippen LogP contribution in [0.4, 0.5) is 0 Å². The van der Waals surface area contributed by atoms with Gasteiger partial charge in [-0.1, -0.05) is 18.2 Å². The lowest BCUT2D eigenvalue weighted by atomic mass is 10.1. The second-order valence-electron chi connectivity index (χ2n) is 6.24. The first-order valence-electron chi connectivity index (χ1n) is 8.44. The van der Waals surface area contributed by atoms with Crippen molar-refractivity contribution in [3.05, 3.63) is 59.8 Å². The number of nitrogens with one attached hydrogen (secondary N) is 2. The van der Waals surface area contributed by atoms with Crippen LogP contribution in [0.15, 0.2) is 53.6 Å². The molecule has 0 fully saturated rings. The zero-order valence-corrected chi connectivity index (χ0v) is 16.1. The minimum atomic E-state index is -4.30. The Labute approximate surface area is 166 Å². The molecule has 152 valence electrons. The normalized spacial score (nSPS) is 12.6. The number of aliphatic carboxylic acids is 1. The van der Waals surface area contributed by atoms with E-state index < -0.39 is 28.0 Å². The molecule has 0 aliphatic rings. The first-order valence-corrected chi connectivity index (χ1v) is 9.92. The van der Waals surface area contributed by atoms with Crippen LogP contribution in [0.25, 0.3) is 10.9 Å². The maximum Gasteiger partial charge on any atom is 0.339 e. The fourth-order valence-corrected chi connectivity index (χ4v) is 4.19. The molecule has 1 unspecified atom stereocenters. The Balaban J connectivity index is 1.91. The molecule has 0 bridgehead atoms. The number of aromatic nitrogens is 1. The summed E-state index contributed by atoms with van der Waals surface area (Å²) in [7, 11) is -3.04. The molecule has 0 saturated heterocycles. The summed E-state index contributed by atoms with van der Waals surface area (Å²) in [5.74, 6) is -2.73. The molecule has 0 aliphatic heterocycles. The van der Waals surface area contributed by atoms with Crippen LogP contribution in [0.2, 0.25) is 0 Å². The van der Waals surface area contributed by atoms with E-state index in [1.807, 2.05) is 12.1 Å². The molecular weight excluding hydrogens is 400 g/mol. The van der Waals surface area contributed by atoms with Crippen LogP contribution in [0.5, 0.6) is 5.75 Å². The van der Waals surface area contributed by atoms with Crippen LogP contribution in [0.3, 0.4) is 0 Å². The molecule has 9 nitrogen and oxygen atoms in total. The Morgan fingerprint density at radius 2 is 1.90 bits per heavy atom. The van der Waals surface area contributed by atoms with Crippen molar-refractivity contribution in [1.29, 1.82) is 0 Å². The number of ether oxygens (including phenoxy) is 1. The fourth-order valence-electron chi connectivity index (χ4n) is 2.98. The fraction of sp³-hybridized carbons (Fsp3) is 0.158. The lowest BCUT2D eigenvalue weighted by Crippen LogP contribution is -2.42. The largest absolute Gasteiger partial charge is 0.496 e. The lowest BCUT2D eigenvalue weighted by molar-refractivity contribution is -0.138. The SMILES string of the molecule is COc1ccc(S(=O)(=O)NC(Cc2c[nH]c3ccccc23)C(=O)O)cc1C(=O)O.